The molecule has 0 amide bonds. The lowest BCUT2D eigenvalue weighted by Gasteiger charge is -2.33. The summed E-state index contributed by atoms with van der Waals surface area (Å²) in [5.41, 5.74) is 0.605. The number of hydrogen-bond donors (Lipinski definition) is 0. The Bertz CT molecular complexity index is 1220. The van der Waals surface area contributed by atoms with Crippen LogP contribution in [0.4, 0.5) is 4.39 Å². The number of nitrogens with zero attached hydrogens (tertiary/aromatic N) is 4. The Morgan fingerprint density at radius 1 is 1.00 bits per heavy atom. The largest absolute Gasteiger partial charge is 0.282 e. The minimum absolute atomic E-state index is 0.0472. The second-order valence-electron chi connectivity index (χ2n) is 7.06. The zero-order valence-electron chi connectivity index (χ0n) is 16.0. The number of halogens is 1. The van der Waals surface area contributed by atoms with Gasteiger partial charge in [-0.05, 0) is 31.2 Å². The number of aromatic nitrogens is 2. The number of hydrogen-bond acceptors (Lipinski definition) is 5. The lowest BCUT2D eigenvalue weighted by molar-refractivity contribution is 0.143. The van der Waals surface area contributed by atoms with Crippen LogP contribution < -0.4 is 5.56 Å². The number of benzene rings is 2. The molecule has 1 saturated heterocycles. The summed E-state index contributed by atoms with van der Waals surface area (Å²) in [5.74, 6) is -0.582. The highest BCUT2D eigenvalue weighted by Crippen LogP contribution is 2.19. The third-order valence-corrected chi connectivity index (χ3v) is 7.05. The first-order valence-corrected chi connectivity index (χ1v) is 10.7. The van der Waals surface area contributed by atoms with Crippen LogP contribution in [0, 0.1) is 12.7 Å². The predicted octanol–water partition coefficient (Wildman–Crippen LogP) is 1.81. The first kappa shape index (κ1) is 19.7. The van der Waals surface area contributed by atoms with Gasteiger partial charge in [0.25, 0.3) is 5.56 Å². The monoisotopic (exact) mass is 416 g/mol. The van der Waals surface area contributed by atoms with Crippen LogP contribution >= 0.6 is 0 Å². The van der Waals surface area contributed by atoms with Crippen LogP contribution in [0.25, 0.3) is 10.8 Å². The molecule has 1 fully saturated rings. The van der Waals surface area contributed by atoms with Crippen LogP contribution in [0.15, 0.2) is 58.2 Å². The molecule has 3 aromatic rings. The van der Waals surface area contributed by atoms with Crippen LogP contribution in [-0.2, 0) is 16.7 Å². The van der Waals surface area contributed by atoms with Crippen LogP contribution in [0.1, 0.15) is 5.69 Å². The van der Waals surface area contributed by atoms with E-state index < -0.39 is 15.8 Å². The molecule has 152 valence electrons. The maximum absolute atomic E-state index is 13.4. The van der Waals surface area contributed by atoms with Gasteiger partial charge < -0.3 is 0 Å². The summed E-state index contributed by atoms with van der Waals surface area (Å²) >= 11 is 0. The molecule has 2 aromatic carbocycles. The van der Waals surface area contributed by atoms with Crippen LogP contribution in [0.5, 0.6) is 0 Å². The van der Waals surface area contributed by atoms with Crippen molar-refractivity contribution < 1.29 is 12.8 Å². The van der Waals surface area contributed by atoms with Crippen molar-refractivity contribution in [3.8, 4) is 0 Å². The lowest BCUT2D eigenvalue weighted by atomic mass is 10.1. The van der Waals surface area contributed by atoms with E-state index in [1.807, 2.05) is 30.0 Å². The Morgan fingerprint density at radius 3 is 2.38 bits per heavy atom. The van der Waals surface area contributed by atoms with Gasteiger partial charge in [-0.2, -0.15) is 9.40 Å². The van der Waals surface area contributed by atoms with Crippen molar-refractivity contribution in [1.82, 2.24) is 19.0 Å². The highest BCUT2D eigenvalue weighted by molar-refractivity contribution is 7.89. The van der Waals surface area contributed by atoms with Gasteiger partial charge in [0.1, 0.15) is 5.82 Å². The highest BCUT2D eigenvalue weighted by atomic mass is 32.2. The molecule has 0 radical (unpaired) electrons. The number of sulfonamides is 1. The van der Waals surface area contributed by atoms with Gasteiger partial charge in [-0.25, -0.2) is 17.5 Å². The summed E-state index contributed by atoms with van der Waals surface area (Å²) in [7, 11) is -3.74. The standard InChI is InChI=1S/C20H21FN4O3S/c1-15-18-7-2-3-8-19(18)20(26)25(22-15)14-23-9-11-24(12-10-23)29(27,28)17-6-4-5-16(21)13-17/h2-8,13H,9-12,14H2,1H3. The van der Waals surface area contributed by atoms with Crippen molar-refractivity contribution >= 4 is 20.8 Å². The average molecular weight is 416 g/mol. The summed E-state index contributed by atoms with van der Waals surface area (Å²) in [6.07, 6.45) is 0. The predicted molar refractivity (Wildman–Crippen MR) is 107 cm³/mol. The Kier molecular flexibility index (Phi) is 5.20. The SMILES string of the molecule is Cc1nn(CN2CCN(S(=O)(=O)c3cccc(F)c3)CC2)c(=O)c2ccccc12. The number of piperazine rings is 1. The molecule has 0 atom stereocenters. The highest BCUT2D eigenvalue weighted by Gasteiger charge is 2.29. The quantitative estimate of drug-likeness (QED) is 0.648. The lowest BCUT2D eigenvalue weighted by Crippen LogP contribution is -2.49. The molecule has 0 spiro atoms. The molecule has 9 heteroatoms. The molecular weight excluding hydrogens is 395 g/mol. The van der Waals surface area contributed by atoms with E-state index in [-0.39, 0.29) is 23.5 Å². The Balaban J connectivity index is 1.49. The summed E-state index contributed by atoms with van der Waals surface area (Å²) in [4.78, 5) is 14.7. The molecule has 1 aromatic heterocycles. The van der Waals surface area contributed by atoms with Crippen molar-refractivity contribution in [1.29, 1.82) is 0 Å². The molecule has 0 N–H and O–H groups in total. The molecular formula is C20H21FN4O3S. The van der Waals surface area contributed by atoms with Crippen LogP contribution in [0.2, 0.25) is 0 Å². The van der Waals surface area contributed by atoms with Crippen molar-refractivity contribution in [3.05, 3.63) is 70.4 Å². The summed E-state index contributed by atoms with van der Waals surface area (Å²) < 4.78 is 41.6. The fourth-order valence-electron chi connectivity index (χ4n) is 3.58. The fourth-order valence-corrected chi connectivity index (χ4v) is 5.03. The first-order valence-electron chi connectivity index (χ1n) is 9.31. The summed E-state index contributed by atoms with van der Waals surface area (Å²) in [6, 6.07) is 12.4. The molecule has 4 rings (SSSR count). The van der Waals surface area contributed by atoms with E-state index in [9.17, 15) is 17.6 Å². The number of rotatable bonds is 4. The van der Waals surface area contributed by atoms with E-state index in [2.05, 4.69) is 5.10 Å². The molecule has 1 aliphatic rings. The van der Waals surface area contributed by atoms with Crippen LogP contribution in [0.3, 0.4) is 0 Å². The Morgan fingerprint density at radius 2 is 1.69 bits per heavy atom. The van der Waals surface area contributed by atoms with Crippen molar-refractivity contribution in [2.24, 2.45) is 0 Å². The third kappa shape index (κ3) is 3.81. The van der Waals surface area contributed by atoms with Crippen LogP contribution in [-0.4, -0.2) is 53.6 Å². The van der Waals surface area contributed by atoms with Gasteiger partial charge in [-0.1, -0.05) is 24.3 Å². The van der Waals surface area contributed by atoms with Crippen molar-refractivity contribution in [3.63, 3.8) is 0 Å². The van der Waals surface area contributed by atoms with Gasteiger partial charge in [0.2, 0.25) is 10.0 Å². The fraction of sp³-hybridized carbons (Fsp3) is 0.300. The molecule has 29 heavy (non-hydrogen) atoms. The normalized spacial score (nSPS) is 16.3. The van der Waals surface area contributed by atoms with Gasteiger partial charge >= 0.3 is 0 Å². The minimum atomic E-state index is -3.74. The van der Waals surface area contributed by atoms with E-state index in [4.69, 9.17) is 0 Å². The maximum Gasteiger partial charge on any atom is 0.275 e. The minimum Gasteiger partial charge on any atom is -0.282 e. The molecule has 2 heterocycles. The zero-order valence-corrected chi connectivity index (χ0v) is 16.8. The molecule has 0 bridgehead atoms. The molecule has 7 nitrogen and oxygen atoms in total. The second kappa shape index (κ2) is 7.66. The molecule has 1 aliphatic heterocycles. The summed E-state index contributed by atoms with van der Waals surface area (Å²) in [5, 5.41) is 5.86. The maximum atomic E-state index is 13.4. The molecule has 0 aliphatic carbocycles. The average Bonchev–Trinajstić information content (AvgIpc) is 2.72. The summed E-state index contributed by atoms with van der Waals surface area (Å²) in [6.45, 7) is 3.59. The van der Waals surface area contributed by atoms with E-state index >= 15 is 0 Å². The molecule has 0 unspecified atom stereocenters. The Labute approximate surface area is 168 Å². The number of fused-ring (bicyclic) bond motifs is 1. The van der Waals surface area contributed by atoms with Gasteiger partial charge in [-0.15, -0.1) is 0 Å². The smallest absolute Gasteiger partial charge is 0.275 e. The third-order valence-electron chi connectivity index (χ3n) is 5.15. The van der Waals surface area contributed by atoms with Gasteiger partial charge in [0, 0.05) is 31.6 Å². The second-order valence-corrected chi connectivity index (χ2v) is 8.99. The number of aryl methyl sites for hydroxylation is 1. The van der Waals surface area contributed by atoms with E-state index in [1.165, 1.54) is 27.2 Å². The van der Waals surface area contributed by atoms with E-state index in [0.717, 1.165) is 17.1 Å². The van der Waals surface area contributed by atoms with E-state index in [1.54, 1.807) is 6.07 Å². The van der Waals surface area contributed by atoms with Crippen molar-refractivity contribution in [2.75, 3.05) is 26.2 Å². The van der Waals surface area contributed by atoms with Gasteiger partial charge in [-0.3, -0.25) is 9.69 Å². The topological polar surface area (TPSA) is 75.5 Å². The Hall–Kier alpha value is -2.62. The first-order chi connectivity index (χ1) is 13.9. The zero-order chi connectivity index (χ0) is 20.6. The van der Waals surface area contributed by atoms with Gasteiger partial charge in [0.05, 0.1) is 22.6 Å². The van der Waals surface area contributed by atoms with Crippen molar-refractivity contribution in [2.45, 2.75) is 18.5 Å². The molecule has 0 saturated carbocycles. The van der Waals surface area contributed by atoms with E-state index in [0.29, 0.717) is 25.1 Å². The van der Waals surface area contributed by atoms with Gasteiger partial charge in [0.15, 0.2) is 0 Å².